The predicted molar refractivity (Wildman–Crippen MR) is 79.0 cm³/mol. The summed E-state index contributed by atoms with van der Waals surface area (Å²) < 4.78 is 0. The van der Waals surface area contributed by atoms with E-state index in [1.165, 1.54) is 0 Å². The van der Waals surface area contributed by atoms with Crippen molar-refractivity contribution in [1.29, 1.82) is 0 Å². The lowest BCUT2D eigenvalue weighted by Gasteiger charge is -2.01. The van der Waals surface area contributed by atoms with Crippen molar-refractivity contribution < 1.29 is 0 Å². The SMILES string of the molecule is Nc1nccc(-c2c[nH]c3cc4cnccc4cc23)n1. The third kappa shape index (κ3) is 1.60. The first kappa shape index (κ1) is 10.9. The molecule has 3 N–H and O–H groups in total. The van der Waals surface area contributed by atoms with Gasteiger partial charge in [0.25, 0.3) is 0 Å². The van der Waals surface area contributed by atoms with Crippen LogP contribution in [0.2, 0.25) is 0 Å². The van der Waals surface area contributed by atoms with Crippen LogP contribution in [-0.2, 0) is 0 Å². The summed E-state index contributed by atoms with van der Waals surface area (Å²) in [6.45, 7) is 0. The highest BCUT2D eigenvalue weighted by atomic mass is 15.0. The summed E-state index contributed by atoms with van der Waals surface area (Å²) in [6.07, 6.45) is 7.27. The summed E-state index contributed by atoms with van der Waals surface area (Å²) in [5, 5.41) is 3.37. The van der Waals surface area contributed by atoms with Gasteiger partial charge in [-0.3, -0.25) is 4.98 Å². The number of fused-ring (bicyclic) bond motifs is 2. The molecule has 0 spiro atoms. The zero-order valence-electron chi connectivity index (χ0n) is 10.5. The van der Waals surface area contributed by atoms with Crippen LogP contribution in [0.15, 0.2) is 49.1 Å². The molecule has 4 aromatic rings. The van der Waals surface area contributed by atoms with E-state index in [4.69, 9.17) is 5.73 Å². The van der Waals surface area contributed by atoms with E-state index in [2.05, 4.69) is 32.1 Å². The fraction of sp³-hybridized carbons (Fsp3) is 0. The molecule has 20 heavy (non-hydrogen) atoms. The Morgan fingerprint density at radius 1 is 1.05 bits per heavy atom. The second-order valence-corrected chi connectivity index (χ2v) is 4.62. The molecule has 1 aromatic carbocycles. The molecule has 0 aliphatic carbocycles. The Morgan fingerprint density at radius 2 is 2.00 bits per heavy atom. The molecule has 96 valence electrons. The standard InChI is InChI=1S/C15H11N5/c16-15-18-4-2-13(20-15)12-8-19-14-6-10-7-17-3-1-9(10)5-11(12)14/h1-8,19H,(H2,16,18,20). The number of nitrogens with zero attached hydrogens (tertiary/aromatic N) is 3. The van der Waals surface area contributed by atoms with Crippen LogP contribution in [0.25, 0.3) is 32.9 Å². The number of aromatic amines is 1. The highest BCUT2D eigenvalue weighted by Gasteiger charge is 2.09. The molecular weight excluding hydrogens is 250 g/mol. The minimum atomic E-state index is 0.279. The van der Waals surface area contributed by atoms with Gasteiger partial charge in [0.2, 0.25) is 5.95 Å². The molecule has 0 fully saturated rings. The van der Waals surface area contributed by atoms with Crippen molar-refractivity contribution >= 4 is 27.6 Å². The summed E-state index contributed by atoms with van der Waals surface area (Å²) in [5.74, 6) is 0.279. The van der Waals surface area contributed by atoms with Crippen LogP contribution >= 0.6 is 0 Å². The largest absolute Gasteiger partial charge is 0.368 e. The van der Waals surface area contributed by atoms with E-state index < -0.39 is 0 Å². The molecule has 0 atom stereocenters. The van der Waals surface area contributed by atoms with Crippen molar-refractivity contribution in [2.75, 3.05) is 5.73 Å². The van der Waals surface area contributed by atoms with Crippen LogP contribution in [0.3, 0.4) is 0 Å². The van der Waals surface area contributed by atoms with Crippen LogP contribution in [0.5, 0.6) is 0 Å². The Balaban J connectivity index is 2.03. The summed E-state index contributed by atoms with van der Waals surface area (Å²) in [4.78, 5) is 15.6. The number of aromatic nitrogens is 4. The van der Waals surface area contributed by atoms with E-state index >= 15 is 0 Å². The van der Waals surface area contributed by atoms with Crippen molar-refractivity contribution in [3.8, 4) is 11.3 Å². The number of hydrogen-bond donors (Lipinski definition) is 2. The van der Waals surface area contributed by atoms with Gasteiger partial charge in [0.1, 0.15) is 0 Å². The molecule has 5 heteroatoms. The topological polar surface area (TPSA) is 80.5 Å². The normalized spacial score (nSPS) is 11.2. The van der Waals surface area contributed by atoms with E-state index in [-0.39, 0.29) is 5.95 Å². The Morgan fingerprint density at radius 3 is 2.90 bits per heavy atom. The second-order valence-electron chi connectivity index (χ2n) is 4.62. The van der Waals surface area contributed by atoms with Gasteiger partial charge in [-0.1, -0.05) is 0 Å². The quantitative estimate of drug-likeness (QED) is 0.552. The predicted octanol–water partition coefficient (Wildman–Crippen LogP) is 2.76. The maximum atomic E-state index is 5.66. The van der Waals surface area contributed by atoms with Crippen LogP contribution in [0.4, 0.5) is 5.95 Å². The number of nitrogens with two attached hydrogens (primary N) is 1. The van der Waals surface area contributed by atoms with E-state index in [9.17, 15) is 0 Å². The lowest BCUT2D eigenvalue weighted by atomic mass is 10.1. The monoisotopic (exact) mass is 261 g/mol. The summed E-state index contributed by atoms with van der Waals surface area (Å²) in [7, 11) is 0. The van der Waals surface area contributed by atoms with Crippen molar-refractivity contribution in [3.63, 3.8) is 0 Å². The van der Waals surface area contributed by atoms with Crippen LogP contribution in [-0.4, -0.2) is 19.9 Å². The lowest BCUT2D eigenvalue weighted by Crippen LogP contribution is -1.94. The molecule has 0 amide bonds. The number of nitrogens with one attached hydrogen (secondary N) is 1. The number of nitrogen functional groups attached to an aromatic ring is 1. The smallest absolute Gasteiger partial charge is 0.220 e. The average Bonchev–Trinajstić information content (AvgIpc) is 2.87. The van der Waals surface area contributed by atoms with E-state index in [0.29, 0.717) is 0 Å². The Bertz CT molecular complexity index is 926. The van der Waals surface area contributed by atoms with Gasteiger partial charge in [-0.25, -0.2) is 9.97 Å². The van der Waals surface area contributed by atoms with Crippen molar-refractivity contribution in [1.82, 2.24) is 19.9 Å². The van der Waals surface area contributed by atoms with Gasteiger partial charge in [-0.15, -0.1) is 0 Å². The van der Waals surface area contributed by atoms with Gasteiger partial charge in [0.05, 0.1) is 5.69 Å². The first-order valence-corrected chi connectivity index (χ1v) is 6.25. The molecule has 3 heterocycles. The highest BCUT2D eigenvalue weighted by Crippen LogP contribution is 2.30. The fourth-order valence-electron chi connectivity index (χ4n) is 2.44. The maximum Gasteiger partial charge on any atom is 0.220 e. The van der Waals surface area contributed by atoms with Crippen LogP contribution in [0, 0.1) is 0 Å². The minimum Gasteiger partial charge on any atom is -0.368 e. The van der Waals surface area contributed by atoms with Crippen molar-refractivity contribution in [2.45, 2.75) is 0 Å². The van der Waals surface area contributed by atoms with Gasteiger partial charge in [0, 0.05) is 46.6 Å². The highest BCUT2D eigenvalue weighted by molar-refractivity contribution is 6.03. The van der Waals surface area contributed by atoms with E-state index in [1.54, 1.807) is 12.4 Å². The van der Waals surface area contributed by atoms with Gasteiger partial charge < -0.3 is 10.7 Å². The van der Waals surface area contributed by atoms with Gasteiger partial charge >= 0.3 is 0 Å². The molecule has 0 saturated carbocycles. The first-order chi connectivity index (χ1) is 9.81. The molecule has 0 radical (unpaired) electrons. The van der Waals surface area contributed by atoms with Crippen LogP contribution in [0.1, 0.15) is 0 Å². The number of rotatable bonds is 1. The zero-order chi connectivity index (χ0) is 13.5. The Labute approximate surface area is 114 Å². The number of anilines is 1. The Hall–Kier alpha value is -2.95. The molecule has 4 rings (SSSR count). The summed E-state index contributed by atoms with van der Waals surface area (Å²) in [6, 6.07) is 8.08. The molecule has 5 nitrogen and oxygen atoms in total. The van der Waals surface area contributed by atoms with Gasteiger partial charge in [-0.05, 0) is 29.7 Å². The molecule has 0 bridgehead atoms. The van der Waals surface area contributed by atoms with Gasteiger partial charge in [0.15, 0.2) is 0 Å². The van der Waals surface area contributed by atoms with Crippen molar-refractivity contribution in [3.05, 3.63) is 49.1 Å². The molecular formula is C15H11N5. The third-order valence-corrected chi connectivity index (χ3v) is 3.39. The average molecular weight is 261 g/mol. The first-order valence-electron chi connectivity index (χ1n) is 6.25. The summed E-state index contributed by atoms with van der Waals surface area (Å²) >= 11 is 0. The van der Waals surface area contributed by atoms with Crippen molar-refractivity contribution in [2.24, 2.45) is 0 Å². The lowest BCUT2D eigenvalue weighted by molar-refractivity contribution is 1.19. The third-order valence-electron chi connectivity index (χ3n) is 3.39. The van der Waals surface area contributed by atoms with Crippen LogP contribution < -0.4 is 5.73 Å². The fourth-order valence-corrected chi connectivity index (χ4v) is 2.44. The zero-order valence-corrected chi connectivity index (χ0v) is 10.5. The number of pyridine rings is 1. The van der Waals surface area contributed by atoms with E-state index in [0.717, 1.165) is 32.9 Å². The summed E-state index contributed by atoms with van der Waals surface area (Å²) in [5.41, 5.74) is 8.55. The molecule has 0 aliphatic heterocycles. The maximum absolute atomic E-state index is 5.66. The number of H-pyrrole nitrogens is 1. The van der Waals surface area contributed by atoms with Gasteiger partial charge in [-0.2, -0.15) is 0 Å². The molecule has 0 unspecified atom stereocenters. The molecule has 0 saturated heterocycles. The minimum absolute atomic E-state index is 0.279. The Kier molecular flexibility index (Phi) is 2.20. The molecule has 3 aromatic heterocycles. The van der Waals surface area contributed by atoms with E-state index in [1.807, 2.05) is 24.5 Å². The second kappa shape index (κ2) is 4.03. The number of benzene rings is 1. The number of hydrogen-bond acceptors (Lipinski definition) is 4. The molecule has 0 aliphatic rings.